The van der Waals surface area contributed by atoms with Crippen molar-refractivity contribution in [1.29, 1.82) is 0 Å². The van der Waals surface area contributed by atoms with Crippen molar-refractivity contribution in [2.75, 3.05) is 26.2 Å². The van der Waals surface area contributed by atoms with E-state index in [0.717, 1.165) is 19.6 Å². The molecule has 0 aromatic carbocycles. The van der Waals surface area contributed by atoms with Crippen LogP contribution < -0.4 is 10.6 Å². The van der Waals surface area contributed by atoms with Crippen LogP contribution in [0.5, 0.6) is 0 Å². The molecule has 1 heterocycles. The lowest BCUT2D eigenvalue weighted by Gasteiger charge is -2.22. The fourth-order valence-corrected chi connectivity index (χ4v) is 2.48. The Morgan fingerprint density at radius 1 is 1.20 bits per heavy atom. The highest BCUT2D eigenvalue weighted by molar-refractivity contribution is 5.76. The number of amides is 2. The molecule has 2 unspecified atom stereocenters. The topological polar surface area (TPSA) is 81.7 Å². The van der Waals surface area contributed by atoms with Crippen molar-refractivity contribution in [2.45, 2.75) is 39.7 Å². The van der Waals surface area contributed by atoms with Gasteiger partial charge < -0.3 is 20.6 Å². The van der Waals surface area contributed by atoms with E-state index in [-0.39, 0.29) is 24.5 Å². The van der Waals surface area contributed by atoms with Crippen LogP contribution in [0.3, 0.4) is 0 Å². The van der Waals surface area contributed by atoms with Crippen LogP contribution >= 0.6 is 0 Å². The molecule has 20 heavy (non-hydrogen) atoms. The molecule has 1 saturated heterocycles. The van der Waals surface area contributed by atoms with Crippen molar-refractivity contribution in [1.82, 2.24) is 15.5 Å². The van der Waals surface area contributed by atoms with Gasteiger partial charge in [-0.3, -0.25) is 4.79 Å². The maximum atomic E-state index is 11.7. The molecule has 0 saturated carbocycles. The van der Waals surface area contributed by atoms with Gasteiger partial charge >= 0.3 is 12.0 Å². The molecular weight excluding hydrogens is 258 g/mol. The number of rotatable bonds is 7. The molecule has 116 valence electrons. The van der Waals surface area contributed by atoms with E-state index in [1.807, 2.05) is 20.8 Å². The maximum absolute atomic E-state index is 11.7. The Morgan fingerprint density at radius 3 is 2.30 bits per heavy atom. The van der Waals surface area contributed by atoms with E-state index in [4.69, 9.17) is 5.11 Å². The smallest absolute Gasteiger partial charge is 0.315 e. The third-order valence-corrected chi connectivity index (χ3v) is 3.71. The average Bonchev–Trinajstić information content (AvgIpc) is 2.80. The van der Waals surface area contributed by atoms with Gasteiger partial charge in [-0.05, 0) is 38.8 Å². The van der Waals surface area contributed by atoms with E-state index in [9.17, 15) is 9.59 Å². The summed E-state index contributed by atoms with van der Waals surface area (Å²) >= 11 is 0. The summed E-state index contributed by atoms with van der Waals surface area (Å²) < 4.78 is 0. The van der Waals surface area contributed by atoms with Crippen molar-refractivity contribution >= 4 is 12.0 Å². The van der Waals surface area contributed by atoms with Crippen LogP contribution in [0.25, 0.3) is 0 Å². The summed E-state index contributed by atoms with van der Waals surface area (Å²) in [6.45, 7) is 8.86. The minimum Gasteiger partial charge on any atom is -0.481 e. The predicted octanol–water partition coefficient (Wildman–Crippen LogP) is 1.13. The summed E-state index contributed by atoms with van der Waals surface area (Å²) in [6.07, 6.45) is 2.46. The average molecular weight is 285 g/mol. The number of likely N-dealkylation sites (tertiary alicyclic amines) is 1. The molecule has 1 rings (SSSR count). The first-order valence-corrected chi connectivity index (χ1v) is 7.39. The lowest BCUT2D eigenvalue weighted by molar-refractivity contribution is -0.142. The first kappa shape index (κ1) is 16.8. The molecule has 0 bridgehead atoms. The number of carbonyl (C=O) groups is 2. The van der Waals surface area contributed by atoms with Crippen LogP contribution in [-0.4, -0.2) is 54.2 Å². The number of hydrogen-bond donors (Lipinski definition) is 3. The monoisotopic (exact) mass is 285 g/mol. The van der Waals surface area contributed by atoms with E-state index in [1.165, 1.54) is 12.8 Å². The summed E-state index contributed by atoms with van der Waals surface area (Å²) in [5.74, 6) is -1.42. The minimum atomic E-state index is -0.870. The molecule has 6 nitrogen and oxygen atoms in total. The number of hydrogen-bond acceptors (Lipinski definition) is 3. The van der Waals surface area contributed by atoms with Gasteiger partial charge in [-0.25, -0.2) is 4.79 Å². The van der Waals surface area contributed by atoms with Crippen LogP contribution in [0.15, 0.2) is 0 Å². The molecule has 0 radical (unpaired) electrons. The van der Waals surface area contributed by atoms with Crippen LogP contribution in [-0.2, 0) is 4.79 Å². The van der Waals surface area contributed by atoms with Crippen molar-refractivity contribution in [3.63, 3.8) is 0 Å². The van der Waals surface area contributed by atoms with Gasteiger partial charge in [0, 0.05) is 19.1 Å². The highest BCUT2D eigenvalue weighted by Gasteiger charge is 2.22. The van der Waals surface area contributed by atoms with Gasteiger partial charge in [0.1, 0.15) is 0 Å². The van der Waals surface area contributed by atoms with Gasteiger partial charge in [0.15, 0.2) is 0 Å². The number of urea groups is 1. The summed E-state index contributed by atoms with van der Waals surface area (Å²) in [4.78, 5) is 25.1. The molecule has 2 atom stereocenters. The minimum absolute atomic E-state index is 0.00479. The highest BCUT2D eigenvalue weighted by atomic mass is 16.4. The van der Waals surface area contributed by atoms with Crippen molar-refractivity contribution < 1.29 is 14.7 Å². The maximum Gasteiger partial charge on any atom is 0.315 e. The van der Waals surface area contributed by atoms with E-state index in [0.29, 0.717) is 0 Å². The van der Waals surface area contributed by atoms with Crippen LogP contribution in [0.2, 0.25) is 0 Å². The zero-order valence-corrected chi connectivity index (χ0v) is 12.7. The van der Waals surface area contributed by atoms with Gasteiger partial charge in [0.05, 0.1) is 5.92 Å². The van der Waals surface area contributed by atoms with Gasteiger partial charge in [-0.2, -0.15) is 0 Å². The van der Waals surface area contributed by atoms with E-state index in [2.05, 4.69) is 15.5 Å². The second-order valence-electron chi connectivity index (χ2n) is 5.95. The summed E-state index contributed by atoms with van der Waals surface area (Å²) in [7, 11) is 0. The Labute approximate surface area is 120 Å². The normalized spacial score (nSPS) is 18.8. The second-order valence-corrected chi connectivity index (χ2v) is 5.95. The molecule has 1 fully saturated rings. The number of nitrogens with zero attached hydrogens (tertiary/aromatic N) is 1. The van der Waals surface area contributed by atoms with Gasteiger partial charge in [0.2, 0.25) is 0 Å². The second kappa shape index (κ2) is 8.09. The SMILES string of the molecule is CC(CN1CCCC1)NC(=O)NCC(C(=O)O)C(C)C. The summed E-state index contributed by atoms with van der Waals surface area (Å²) in [5, 5.41) is 14.6. The van der Waals surface area contributed by atoms with Crippen molar-refractivity contribution in [3.05, 3.63) is 0 Å². The quantitative estimate of drug-likeness (QED) is 0.655. The molecule has 1 aliphatic rings. The Morgan fingerprint density at radius 2 is 1.80 bits per heavy atom. The van der Waals surface area contributed by atoms with Gasteiger partial charge in [-0.1, -0.05) is 13.8 Å². The lowest BCUT2D eigenvalue weighted by atomic mass is 9.96. The molecule has 0 aliphatic carbocycles. The molecule has 0 aromatic heterocycles. The van der Waals surface area contributed by atoms with Crippen molar-refractivity contribution in [2.24, 2.45) is 11.8 Å². The fraction of sp³-hybridized carbons (Fsp3) is 0.857. The number of carboxylic acid groups (broad SMARTS) is 1. The molecule has 0 aromatic rings. The molecule has 6 heteroatoms. The third-order valence-electron chi connectivity index (χ3n) is 3.71. The molecule has 3 N–H and O–H groups in total. The number of nitrogens with one attached hydrogen (secondary N) is 2. The molecule has 2 amide bonds. The zero-order chi connectivity index (χ0) is 15.1. The Balaban J connectivity index is 2.26. The largest absolute Gasteiger partial charge is 0.481 e. The zero-order valence-electron chi connectivity index (χ0n) is 12.7. The first-order chi connectivity index (χ1) is 9.40. The predicted molar refractivity (Wildman–Crippen MR) is 77.6 cm³/mol. The van der Waals surface area contributed by atoms with Crippen LogP contribution in [0.4, 0.5) is 4.79 Å². The molecule has 0 spiro atoms. The Bertz CT molecular complexity index is 328. The number of carboxylic acids is 1. The Kier molecular flexibility index (Phi) is 6.78. The lowest BCUT2D eigenvalue weighted by Crippen LogP contribution is -2.47. The first-order valence-electron chi connectivity index (χ1n) is 7.39. The summed E-state index contributed by atoms with van der Waals surface area (Å²) in [6, 6.07) is -0.223. The number of carbonyl (C=O) groups excluding carboxylic acids is 1. The van der Waals surface area contributed by atoms with E-state index in [1.54, 1.807) is 0 Å². The number of aliphatic carboxylic acids is 1. The van der Waals surface area contributed by atoms with Crippen LogP contribution in [0, 0.1) is 11.8 Å². The van der Waals surface area contributed by atoms with Gasteiger partial charge in [0.25, 0.3) is 0 Å². The van der Waals surface area contributed by atoms with Crippen LogP contribution in [0.1, 0.15) is 33.6 Å². The molecular formula is C14H27N3O3. The third kappa shape index (κ3) is 5.77. The van der Waals surface area contributed by atoms with Gasteiger partial charge in [-0.15, -0.1) is 0 Å². The van der Waals surface area contributed by atoms with E-state index >= 15 is 0 Å². The van der Waals surface area contributed by atoms with E-state index < -0.39 is 11.9 Å². The Hall–Kier alpha value is -1.30. The van der Waals surface area contributed by atoms with Crippen molar-refractivity contribution in [3.8, 4) is 0 Å². The molecule has 1 aliphatic heterocycles. The summed E-state index contributed by atoms with van der Waals surface area (Å²) in [5.41, 5.74) is 0. The standard InChI is InChI=1S/C14H27N3O3/c1-10(2)12(13(18)19)8-15-14(20)16-11(3)9-17-6-4-5-7-17/h10-12H,4-9H2,1-3H3,(H,18,19)(H2,15,16,20). The highest BCUT2D eigenvalue weighted by Crippen LogP contribution is 2.10. The fourth-order valence-electron chi connectivity index (χ4n) is 2.48.